The van der Waals surface area contributed by atoms with Crippen molar-refractivity contribution in [3.05, 3.63) is 90.3 Å². The quantitative estimate of drug-likeness (QED) is 0.516. The Labute approximate surface area is 173 Å². The number of hydrogen-bond acceptors (Lipinski definition) is 4. The smallest absolute Gasteiger partial charge is 0.325 e. The van der Waals surface area contributed by atoms with Gasteiger partial charge in [0.2, 0.25) is 5.89 Å². The maximum absolute atomic E-state index is 13.2. The number of urea groups is 1. The molecule has 1 N–H and O–H groups in total. The number of benzene rings is 3. The molecule has 0 aliphatic carbocycles. The van der Waals surface area contributed by atoms with Gasteiger partial charge in [0.15, 0.2) is 0 Å². The molecule has 1 fully saturated rings. The first-order chi connectivity index (χ1) is 14.5. The fourth-order valence-electron chi connectivity index (χ4n) is 3.79. The lowest BCUT2D eigenvalue weighted by molar-refractivity contribution is -0.131. The lowest BCUT2D eigenvalue weighted by atomic mass is 9.90. The van der Waals surface area contributed by atoms with Crippen LogP contribution in [-0.4, -0.2) is 21.8 Å². The van der Waals surface area contributed by atoms with Gasteiger partial charge in [0.05, 0.1) is 12.2 Å². The molecule has 0 unspecified atom stereocenters. The van der Waals surface area contributed by atoms with Gasteiger partial charge in [-0.2, -0.15) is 0 Å². The third kappa shape index (κ3) is 2.93. The molecule has 6 nitrogen and oxygen atoms in total. The van der Waals surface area contributed by atoms with E-state index in [1.807, 2.05) is 72.8 Å². The highest BCUT2D eigenvalue weighted by Gasteiger charge is 2.49. The zero-order chi connectivity index (χ0) is 20.7. The first-order valence-corrected chi connectivity index (χ1v) is 9.68. The van der Waals surface area contributed by atoms with Gasteiger partial charge in [0.25, 0.3) is 5.91 Å². The van der Waals surface area contributed by atoms with Gasteiger partial charge in [-0.25, -0.2) is 9.78 Å². The Kier molecular flexibility index (Phi) is 4.13. The first kappa shape index (κ1) is 18.1. The zero-order valence-corrected chi connectivity index (χ0v) is 16.3. The highest BCUT2D eigenvalue weighted by Crippen LogP contribution is 2.32. The first-order valence-electron chi connectivity index (χ1n) is 9.68. The summed E-state index contributed by atoms with van der Waals surface area (Å²) < 4.78 is 5.54. The van der Waals surface area contributed by atoms with E-state index in [4.69, 9.17) is 4.42 Å². The summed E-state index contributed by atoms with van der Waals surface area (Å²) in [5.41, 5.74) is 0.960. The Morgan fingerprint density at radius 2 is 1.70 bits per heavy atom. The number of rotatable bonds is 4. The molecule has 3 aromatic carbocycles. The summed E-state index contributed by atoms with van der Waals surface area (Å²) in [4.78, 5) is 31.5. The molecule has 0 spiro atoms. The zero-order valence-electron chi connectivity index (χ0n) is 16.3. The number of carbonyl (C=O) groups excluding carboxylic acids is 2. The van der Waals surface area contributed by atoms with Crippen LogP contribution in [0.2, 0.25) is 0 Å². The second kappa shape index (κ2) is 6.84. The van der Waals surface area contributed by atoms with Gasteiger partial charge in [0, 0.05) is 5.56 Å². The topological polar surface area (TPSA) is 75.4 Å². The standard InChI is InChI=1S/C24H19N3O3/c1-24(19-12-11-16-7-5-6-10-18(16)13-19)22(28)27(23(29)26-24)14-20-15-30-21(25-20)17-8-3-2-4-9-17/h2-13,15H,14H2,1H3,(H,26,29)/t24-/m0/s1. The Balaban J connectivity index is 1.42. The summed E-state index contributed by atoms with van der Waals surface area (Å²) in [5.74, 6) is 0.141. The van der Waals surface area contributed by atoms with Crippen LogP contribution in [0.1, 0.15) is 18.2 Å². The summed E-state index contributed by atoms with van der Waals surface area (Å²) in [6.07, 6.45) is 1.48. The third-order valence-electron chi connectivity index (χ3n) is 5.49. The van der Waals surface area contributed by atoms with Crippen LogP contribution in [0, 0.1) is 0 Å². The monoisotopic (exact) mass is 397 g/mol. The normalized spacial score (nSPS) is 18.8. The number of imide groups is 1. The van der Waals surface area contributed by atoms with E-state index in [1.54, 1.807) is 6.92 Å². The van der Waals surface area contributed by atoms with Crippen LogP contribution < -0.4 is 5.32 Å². The van der Waals surface area contributed by atoms with E-state index in [0.29, 0.717) is 11.6 Å². The predicted octanol–water partition coefficient (Wildman–Crippen LogP) is 4.46. The molecular formula is C24H19N3O3. The Bertz CT molecular complexity index is 1260. The number of amides is 3. The van der Waals surface area contributed by atoms with Crippen molar-refractivity contribution in [2.24, 2.45) is 0 Å². The van der Waals surface area contributed by atoms with Gasteiger partial charge in [-0.15, -0.1) is 0 Å². The average Bonchev–Trinajstić information content (AvgIpc) is 3.33. The summed E-state index contributed by atoms with van der Waals surface area (Å²) in [7, 11) is 0. The number of fused-ring (bicyclic) bond motifs is 1. The minimum Gasteiger partial charge on any atom is -0.444 e. The van der Waals surface area contributed by atoms with Crippen LogP contribution in [0.15, 0.2) is 83.5 Å². The molecule has 30 heavy (non-hydrogen) atoms. The van der Waals surface area contributed by atoms with Crippen molar-refractivity contribution in [2.45, 2.75) is 19.0 Å². The van der Waals surface area contributed by atoms with E-state index in [1.165, 1.54) is 11.2 Å². The van der Waals surface area contributed by atoms with Crippen LogP contribution in [0.3, 0.4) is 0 Å². The van der Waals surface area contributed by atoms with Crippen LogP contribution in [0.25, 0.3) is 22.2 Å². The molecule has 1 saturated heterocycles. The molecule has 0 bridgehead atoms. The fourth-order valence-corrected chi connectivity index (χ4v) is 3.79. The van der Waals surface area contributed by atoms with Gasteiger partial charge in [-0.3, -0.25) is 9.69 Å². The van der Waals surface area contributed by atoms with Crippen LogP contribution in [-0.2, 0) is 16.9 Å². The Morgan fingerprint density at radius 3 is 2.50 bits per heavy atom. The molecular weight excluding hydrogens is 378 g/mol. The highest BCUT2D eigenvalue weighted by atomic mass is 16.3. The molecule has 4 aromatic rings. The number of aromatic nitrogens is 1. The minimum atomic E-state index is -1.13. The molecule has 5 rings (SSSR count). The van der Waals surface area contributed by atoms with Crippen molar-refractivity contribution < 1.29 is 14.0 Å². The largest absolute Gasteiger partial charge is 0.444 e. The summed E-state index contributed by atoms with van der Waals surface area (Å²) in [6.45, 7) is 1.78. The SMILES string of the molecule is C[C@@]1(c2ccc3ccccc3c2)NC(=O)N(Cc2coc(-c3ccccc3)n2)C1=O. The molecule has 6 heteroatoms. The van der Waals surface area contributed by atoms with E-state index < -0.39 is 11.6 Å². The molecule has 1 aliphatic heterocycles. The predicted molar refractivity (Wildman–Crippen MR) is 112 cm³/mol. The maximum atomic E-state index is 13.2. The second-order valence-corrected chi connectivity index (χ2v) is 7.52. The van der Waals surface area contributed by atoms with E-state index in [0.717, 1.165) is 21.9 Å². The average molecular weight is 397 g/mol. The molecule has 2 heterocycles. The molecule has 1 atom stereocenters. The van der Waals surface area contributed by atoms with Crippen molar-refractivity contribution in [2.75, 3.05) is 0 Å². The van der Waals surface area contributed by atoms with Crippen LogP contribution in [0.5, 0.6) is 0 Å². The van der Waals surface area contributed by atoms with Crippen molar-refractivity contribution in [3.8, 4) is 11.5 Å². The van der Waals surface area contributed by atoms with Crippen molar-refractivity contribution in [1.29, 1.82) is 0 Å². The van der Waals surface area contributed by atoms with Crippen LogP contribution in [0.4, 0.5) is 4.79 Å². The Morgan fingerprint density at radius 1 is 0.967 bits per heavy atom. The molecule has 1 aromatic heterocycles. The molecule has 0 radical (unpaired) electrons. The van der Waals surface area contributed by atoms with E-state index in [-0.39, 0.29) is 12.5 Å². The molecule has 0 saturated carbocycles. The minimum absolute atomic E-state index is 0.0458. The van der Waals surface area contributed by atoms with Gasteiger partial charge < -0.3 is 9.73 Å². The summed E-state index contributed by atoms with van der Waals surface area (Å²) in [5, 5.41) is 4.94. The number of carbonyl (C=O) groups is 2. The third-order valence-corrected chi connectivity index (χ3v) is 5.49. The van der Waals surface area contributed by atoms with Gasteiger partial charge in [0.1, 0.15) is 11.8 Å². The highest BCUT2D eigenvalue weighted by molar-refractivity contribution is 6.07. The van der Waals surface area contributed by atoms with Gasteiger partial charge in [-0.1, -0.05) is 54.6 Å². The molecule has 1 aliphatic rings. The van der Waals surface area contributed by atoms with E-state index >= 15 is 0 Å². The lowest BCUT2D eigenvalue weighted by Gasteiger charge is -2.22. The number of nitrogens with zero attached hydrogens (tertiary/aromatic N) is 2. The van der Waals surface area contributed by atoms with E-state index in [2.05, 4.69) is 10.3 Å². The Hall–Kier alpha value is -3.93. The fraction of sp³-hybridized carbons (Fsp3) is 0.125. The number of hydrogen-bond donors (Lipinski definition) is 1. The van der Waals surface area contributed by atoms with Crippen molar-refractivity contribution in [3.63, 3.8) is 0 Å². The van der Waals surface area contributed by atoms with Gasteiger partial charge in [-0.05, 0) is 41.5 Å². The van der Waals surface area contributed by atoms with Crippen molar-refractivity contribution in [1.82, 2.24) is 15.2 Å². The number of oxazole rings is 1. The lowest BCUT2D eigenvalue weighted by Crippen LogP contribution is -2.40. The van der Waals surface area contributed by atoms with E-state index in [9.17, 15) is 9.59 Å². The maximum Gasteiger partial charge on any atom is 0.325 e. The second-order valence-electron chi connectivity index (χ2n) is 7.52. The van der Waals surface area contributed by atoms with Crippen LogP contribution >= 0.6 is 0 Å². The molecule has 148 valence electrons. The summed E-state index contributed by atoms with van der Waals surface area (Å²) >= 11 is 0. The summed E-state index contributed by atoms with van der Waals surface area (Å²) in [6, 6.07) is 22.7. The molecule has 3 amide bonds. The van der Waals surface area contributed by atoms with Gasteiger partial charge >= 0.3 is 6.03 Å². The number of nitrogens with one attached hydrogen (secondary N) is 1. The van der Waals surface area contributed by atoms with Crippen molar-refractivity contribution >= 4 is 22.7 Å².